The molecule has 0 saturated carbocycles. The SMILES string of the molecule is O=S(=O)(CCCl)N(CCO)CC(F)F. The minimum absolute atomic E-state index is 0.159. The fraction of sp³-hybridized carbons (Fsp3) is 1.00. The normalized spacial score (nSPS) is 12.7. The zero-order valence-corrected chi connectivity index (χ0v) is 8.94. The molecule has 0 rings (SSSR count). The molecule has 0 atom stereocenters. The monoisotopic (exact) mass is 251 g/mol. The van der Waals surface area contributed by atoms with Crippen LogP contribution in [0.25, 0.3) is 0 Å². The molecule has 0 spiro atoms. The van der Waals surface area contributed by atoms with Crippen molar-refractivity contribution in [2.75, 3.05) is 31.3 Å². The van der Waals surface area contributed by atoms with Gasteiger partial charge in [0.15, 0.2) is 0 Å². The number of alkyl halides is 3. The summed E-state index contributed by atoms with van der Waals surface area (Å²) in [5.74, 6) is -0.561. The molecule has 1 N–H and O–H groups in total. The summed E-state index contributed by atoms with van der Waals surface area (Å²) in [6.07, 6.45) is -2.76. The van der Waals surface area contributed by atoms with Gasteiger partial charge in [-0.2, -0.15) is 4.31 Å². The molecule has 0 aromatic carbocycles. The Hall–Kier alpha value is 0.0200. The van der Waals surface area contributed by atoms with Gasteiger partial charge in [0, 0.05) is 12.4 Å². The first-order chi connectivity index (χ1) is 6.44. The maximum atomic E-state index is 12.0. The van der Waals surface area contributed by atoms with Crippen molar-refractivity contribution < 1.29 is 22.3 Å². The van der Waals surface area contributed by atoms with Crippen LogP contribution in [0.5, 0.6) is 0 Å². The van der Waals surface area contributed by atoms with Crippen LogP contribution in [0, 0.1) is 0 Å². The van der Waals surface area contributed by atoms with Crippen LogP contribution in [0.3, 0.4) is 0 Å². The number of hydrogen-bond acceptors (Lipinski definition) is 3. The second kappa shape index (κ2) is 6.49. The average Bonchev–Trinajstić information content (AvgIpc) is 2.02. The van der Waals surface area contributed by atoms with Gasteiger partial charge in [-0.3, -0.25) is 0 Å². The van der Waals surface area contributed by atoms with E-state index in [0.717, 1.165) is 0 Å². The standard InChI is InChI=1S/C6H12ClF2NO3S/c7-1-4-14(12,13)10(2-3-11)5-6(8)9/h6,11H,1-5H2. The van der Waals surface area contributed by atoms with Crippen molar-refractivity contribution in [1.29, 1.82) is 0 Å². The second-order valence-electron chi connectivity index (χ2n) is 2.48. The van der Waals surface area contributed by atoms with Gasteiger partial charge < -0.3 is 5.11 Å². The van der Waals surface area contributed by atoms with Gasteiger partial charge in [-0.1, -0.05) is 0 Å². The molecule has 0 aliphatic heterocycles. The Morgan fingerprint density at radius 2 is 2.00 bits per heavy atom. The first-order valence-corrected chi connectivity index (χ1v) is 6.01. The summed E-state index contributed by atoms with van der Waals surface area (Å²) in [5.41, 5.74) is 0. The van der Waals surface area contributed by atoms with Crippen LogP contribution in [0.4, 0.5) is 8.78 Å². The Morgan fingerprint density at radius 1 is 1.43 bits per heavy atom. The van der Waals surface area contributed by atoms with Crippen molar-refractivity contribution >= 4 is 21.6 Å². The van der Waals surface area contributed by atoms with E-state index in [1.54, 1.807) is 0 Å². The average molecular weight is 252 g/mol. The van der Waals surface area contributed by atoms with Gasteiger partial charge in [-0.15, -0.1) is 11.6 Å². The van der Waals surface area contributed by atoms with Crippen LogP contribution < -0.4 is 0 Å². The maximum absolute atomic E-state index is 12.0. The number of aliphatic hydroxyl groups is 1. The van der Waals surface area contributed by atoms with E-state index in [2.05, 4.69) is 0 Å². The molecule has 86 valence electrons. The van der Waals surface area contributed by atoms with E-state index in [1.165, 1.54) is 0 Å². The first-order valence-electron chi connectivity index (χ1n) is 3.87. The molecule has 0 aromatic rings. The number of halogens is 3. The van der Waals surface area contributed by atoms with E-state index in [0.29, 0.717) is 4.31 Å². The molecule has 0 unspecified atom stereocenters. The van der Waals surface area contributed by atoms with Crippen molar-refractivity contribution in [2.45, 2.75) is 6.43 Å². The van der Waals surface area contributed by atoms with Crippen LogP contribution >= 0.6 is 11.6 Å². The van der Waals surface area contributed by atoms with Crippen LogP contribution in [0.1, 0.15) is 0 Å². The maximum Gasteiger partial charge on any atom is 0.252 e. The van der Waals surface area contributed by atoms with Crippen LogP contribution in [-0.2, 0) is 10.0 Å². The molecular formula is C6H12ClF2NO3S. The van der Waals surface area contributed by atoms with E-state index >= 15 is 0 Å². The second-order valence-corrected chi connectivity index (χ2v) is 4.94. The lowest BCUT2D eigenvalue weighted by Gasteiger charge is -2.19. The zero-order valence-electron chi connectivity index (χ0n) is 7.37. The lowest BCUT2D eigenvalue weighted by molar-refractivity contribution is 0.113. The van der Waals surface area contributed by atoms with Gasteiger partial charge in [0.2, 0.25) is 10.0 Å². The molecule has 0 saturated heterocycles. The predicted octanol–water partition coefficient (Wildman–Crippen LogP) is 0.114. The lowest BCUT2D eigenvalue weighted by Crippen LogP contribution is -2.39. The molecule has 0 aromatic heterocycles. The quantitative estimate of drug-likeness (QED) is 0.654. The molecule has 0 radical (unpaired) electrons. The van der Waals surface area contributed by atoms with Gasteiger partial charge in [-0.05, 0) is 0 Å². The Balaban J connectivity index is 4.46. The molecule has 4 nitrogen and oxygen atoms in total. The highest BCUT2D eigenvalue weighted by Gasteiger charge is 2.23. The summed E-state index contributed by atoms with van der Waals surface area (Å²) < 4.78 is 47.0. The zero-order chi connectivity index (χ0) is 11.2. The van der Waals surface area contributed by atoms with Gasteiger partial charge in [-0.25, -0.2) is 17.2 Å². The lowest BCUT2D eigenvalue weighted by atomic mass is 10.6. The molecule has 0 aliphatic rings. The van der Waals surface area contributed by atoms with Gasteiger partial charge in [0.05, 0.1) is 18.9 Å². The summed E-state index contributed by atoms with van der Waals surface area (Å²) >= 11 is 5.21. The van der Waals surface area contributed by atoms with Crippen LogP contribution in [0.15, 0.2) is 0 Å². The third-order valence-electron chi connectivity index (χ3n) is 1.42. The summed E-state index contributed by atoms with van der Waals surface area (Å²) in [6, 6.07) is 0. The van der Waals surface area contributed by atoms with Gasteiger partial charge >= 0.3 is 0 Å². The van der Waals surface area contributed by atoms with Crippen molar-refractivity contribution in [3.05, 3.63) is 0 Å². The number of rotatable bonds is 7. The Morgan fingerprint density at radius 3 is 2.36 bits per heavy atom. The summed E-state index contributed by atoms with van der Waals surface area (Å²) in [5, 5.41) is 8.50. The third-order valence-corrected chi connectivity index (χ3v) is 3.67. The predicted molar refractivity (Wildman–Crippen MR) is 49.2 cm³/mol. The number of aliphatic hydroxyl groups excluding tert-OH is 1. The summed E-state index contributed by atoms with van der Waals surface area (Å²) in [6.45, 7) is -1.72. The Labute approximate surface area is 86.5 Å². The summed E-state index contributed by atoms with van der Waals surface area (Å²) in [4.78, 5) is 0. The third kappa shape index (κ3) is 5.04. The van der Waals surface area contributed by atoms with E-state index in [-0.39, 0.29) is 12.4 Å². The van der Waals surface area contributed by atoms with E-state index in [1.807, 2.05) is 0 Å². The highest BCUT2D eigenvalue weighted by Crippen LogP contribution is 2.06. The number of hydrogen-bond donors (Lipinski definition) is 1. The molecule has 14 heavy (non-hydrogen) atoms. The molecule has 0 amide bonds. The first kappa shape index (κ1) is 14.0. The van der Waals surface area contributed by atoms with Crippen molar-refractivity contribution in [3.8, 4) is 0 Å². The van der Waals surface area contributed by atoms with Crippen molar-refractivity contribution in [3.63, 3.8) is 0 Å². The van der Waals surface area contributed by atoms with Crippen molar-refractivity contribution in [2.24, 2.45) is 0 Å². The smallest absolute Gasteiger partial charge is 0.252 e. The number of nitrogens with zero attached hydrogens (tertiary/aromatic N) is 1. The highest BCUT2D eigenvalue weighted by molar-refractivity contribution is 7.89. The van der Waals surface area contributed by atoms with E-state index in [4.69, 9.17) is 16.7 Å². The number of sulfonamides is 1. The molecule has 0 fully saturated rings. The van der Waals surface area contributed by atoms with E-state index in [9.17, 15) is 17.2 Å². The Kier molecular flexibility index (Phi) is 6.50. The molecule has 0 aliphatic carbocycles. The molecule has 0 bridgehead atoms. The fourth-order valence-corrected chi connectivity index (χ4v) is 2.57. The summed E-state index contributed by atoms with van der Waals surface area (Å²) in [7, 11) is -3.77. The minimum atomic E-state index is -3.77. The topological polar surface area (TPSA) is 57.6 Å². The molecule has 0 heterocycles. The minimum Gasteiger partial charge on any atom is -0.395 e. The van der Waals surface area contributed by atoms with Crippen molar-refractivity contribution in [1.82, 2.24) is 4.31 Å². The van der Waals surface area contributed by atoms with Gasteiger partial charge in [0.1, 0.15) is 0 Å². The van der Waals surface area contributed by atoms with Crippen LogP contribution in [0.2, 0.25) is 0 Å². The van der Waals surface area contributed by atoms with E-state index < -0.39 is 35.4 Å². The Bertz CT molecular complexity index is 247. The molecular weight excluding hydrogens is 240 g/mol. The fourth-order valence-electron chi connectivity index (χ4n) is 0.836. The van der Waals surface area contributed by atoms with Gasteiger partial charge in [0.25, 0.3) is 6.43 Å². The largest absolute Gasteiger partial charge is 0.395 e. The molecule has 8 heteroatoms. The van der Waals surface area contributed by atoms with Crippen LogP contribution in [-0.4, -0.2) is 55.6 Å². The highest BCUT2D eigenvalue weighted by atomic mass is 35.5.